The number of ether oxygens (including phenoxy) is 3. The smallest absolute Gasteiger partial charge is 0.184 e. The Bertz CT molecular complexity index is 951. The molecule has 4 aliphatic carbocycles. The van der Waals surface area contributed by atoms with Gasteiger partial charge in [-0.05, 0) is 104 Å². The summed E-state index contributed by atoms with van der Waals surface area (Å²) in [6.45, 7) is 10.4. The molecule has 7 rings (SSSR count). The topological polar surface area (TPSA) is 149 Å². The summed E-state index contributed by atoms with van der Waals surface area (Å²) in [7, 11) is 0. The lowest BCUT2D eigenvalue weighted by Gasteiger charge is -2.61. The number of aliphatic hydroxyl groups excluding tert-OH is 6. The van der Waals surface area contributed by atoms with Crippen LogP contribution >= 0.6 is 0 Å². The maximum atomic E-state index is 10.3. The summed E-state index contributed by atoms with van der Waals surface area (Å²) >= 11 is 0. The first kappa shape index (κ1) is 31.6. The second-order valence-electron chi connectivity index (χ2n) is 15.8. The van der Waals surface area contributed by atoms with Gasteiger partial charge in [-0.1, -0.05) is 27.7 Å². The molecule has 9 nitrogen and oxygen atoms in total. The highest BCUT2D eigenvalue weighted by Gasteiger charge is 2.69. The summed E-state index contributed by atoms with van der Waals surface area (Å²) in [6.07, 6.45) is 5.82. The molecule has 1 spiro atoms. The lowest BCUT2D eigenvalue weighted by atomic mass is 9.44. The minimum Gasteiger partial charge on any atom is -0.394 e. The normalized spacial score (nSPS) is 58.7. The van der Waals surface area contributed by atoms with Crippen molar-refractivity contribution in [1.82, 2.24) is 0 Å². The molecule has 4 saturated carbocycles. The first-order valence-electron chi connectivity index (χ1n) is 16.8. The van der Waals surface area contributed by atoms with Crippen LogP contribution in [-0.4, -0.2) is 92.6 Å². The quantitative estimate of drug-likeness (QED) is 0.269. The zero-order valence-electron chi connectivity index (χ0n) is 26.0. The fourth-order valence-electron chi connectivity index (χ4n) is 11.3. The zero-order valence-corrected chi connectivity index (χ0v) is 26.0. The third-order valence-corrected chi connectivity index (χ3v) is 13.8. The first-order valence-corrected chi connectivity index (χ1v) is 16.8. The van der Waals surface area contributed by atoms with Crippen molar-refractivity contribution in [2.75, 3.05) is 13.2 Å². The molecule has 1 unspecified atom stereocenters. The Morgan fingerprint density at radius 3 is 2.19 bits per heavy atom. The van der Waals surface area contributed by atoms with E-state index in [2.05, 4.69) is 32.4 Å². The molecule has 9 heteroatoms. The molecule has 3 heterocycles. The third kappa shape index (κ3) is 4.92. The van der Waals surface area contributed by atoms with Crippen LogP contribution in [0.25, 0.3) is 0 Å². The second-order valence-corrected chi connectivity index (χ2v) is 15.8. The molecular weight excluding hydrogens is 540 g/mol. The molecule has 0 aromatic carbocycles. The lowest BCUT2D eigenvalue weighted by molar-refractivity contribution is -0.286. The number of hydrogen-bond acceptors (Lipinski definition) is 9. The van der Waals surface area contributed by atoms with Crippen LogP contribution in [0.2, 0.25) is 0 Å². The fourth-order valence-corrected chi connectivity index (χ4v) is 11.3. The maximum absolute atomic E-state index is 10.3. The van der Waals surface area contributed by atoms with Gasteiger partial charge in [0.25, 0.3) is 0 Å². The molecule has 7 aliphatic rings. The van der Waals surface area contributed by atoms with Gasteiger partial charge >= 0.3 is 0 Å². The van der Waals surface area contributed by atoms with Crippen LogP contribution in [0.1, 0.15) is 91.9 Å². The van der Waals surface area contributed by atoms with Gasteiger partial charge in [0, 0.05) is 12.3 Å². The van der Waals surface area contributed by atoms with Crippen LogP contribution in [-0.2, 0) is 14.2 Å². The summed E-state index contributed by atoms with van der Waals surface area (Å²) in [5.41, 5.74) is 0.899. The number of rotatable bonds is 1. The van der Waals surface area contributed by atoms with E-state index in [1.54, 1.807) is 0 Å². The van der Waals surface area contributed by atoms with Gasteiger partial charge in [0.15, 0.2) is 12.1 Å². The van der Waals surface area contributed by atoms with Gasteiger partial charge < -0.3 is 44.8 Å². The minimum absolute atomic E-state index is 0.0389. The van der Waals surface area contributed by atoms with E-state index in [9.17, 15) is 5.11 Å². The number of hydrogen-bond donors (Lipinski definition) is 6. The Kier molecular flexibility index (Phi) is 8.63. The van der Waals surface area contributed by atoms with Crippen LogP contribution in [0.15, 0.2) is 0 Å². The molecule has 0 aromatic heterocycles. The first-order chi connectivity index (χ1) is 19.8. The van der Waals surface area contributed by atoms with Crippen molar-refractivity contribution in [2.24, 2.45) is 52.3 Å². The van der Waals surface area contributed by atoms with Crippen LogP contribution in [0.5, 0.6) is 0 Å². The monoisotopic (exact) mass is 596 g/mol. The third-order valence-electron chi connectivity index (χ3n) is 13.8. The van der Waals surface area contributed by atoms with Crippen molar-refractivity contribution < 1.29 is 44.8 Å². The van der Waals surface area contributed by atoms with E-state index >= 15 is 0 Å². The standard InChI is InChI=1S/C27H44O3.C6H12O6/c1-16-7-12-27(29-15-16)17(2)24-23(30-27)14-22-20-6-5-18-13-19(28)8-10-25(18,3)21(20)9-11-26(22,24)4;7-1-2-3(8)4(9)5(10)6(11)12-2/h16-24,28H,5-15H2,1-4H3;2-11H,1H2/t16-,17+,18?,19+,20-,21+,22+,23+,24+,25+,26+,27-;2-,3+,4+,5-,6-/m11/s1. The van der Waals surface area contributed by atoms with Gasteiger partial charge in [-0.15, -0.1) is 0 Å². The van der Waals surface area contributed by atoms with Crippen molar-refractivity contribution in [3.05, 3.63) is 0 Å². The van der Waals surface area contributed by atoms with E-state index < -0.39 is 37.3 Å². The average molecular weight is 597 g/mol. The van der Waals surface area contributed by atoms with Crippen LogP contribution in [0.4, 0.5) is 0 Å². The van der Waals surface area contributed by atoms with Gasteiger partial charge in [0.2, 0.25) is 0 Å². The van der Waals surface area contributed by atoms with E-state index in [1.807, 2.05) is 0 Å². The number of fused-ring (bicyclic) bond motifs is 7. The van der Waals surface area contributed by atoms with Gasteiger partial charge in [-0.25, -0.2) is 0 Å². The Hall–Kier alpha value is -0.360. The van der Waals surface area contributed by atoms with Crippen LogP contribution in [0.3, 0.4) is 0 Å². The maximum Gasteiger partial charge on any atom is 0.184 e. The van der Waals surface area contributed by atoms with Gasteiger partial charge in [-0.2, -0.15) is 0 Å². The van der Waals surface area contributed by atoms with Crippen LogP contribution < -0.4 is 0 Å². The molecule has 17 atom stereocenters. The molecule has 42 heavy (non-hydrogen) atoms. The summed E-state index contributed by atoms with van der Waals surface area (Å²) in [4.78, 5) is 0. The molecule has 3 saturated heterocycles. The predicted octanol–water partition coefficient (Wildman–Crippen LogP) is 2.57. The van der Waals surface area contributed by atoms with Crippen molar-refractivity contribution in [3.63, 3.8) is 0 Å². The van der Waals surface area contributed by atoms with Crippen molar-refractivity contribution in [1.29, 1.82) is 0 Å². The molecule has 0 bridgehead atoms. The fraction of sp³-hybridized carbons (Fsp3) is 1.00. The van der Waals surface area contributed by atoms with E-state index in [4.69, 9.17) is 35.0 Å². The highest BCUT2D eigenvalue weighted by Crippen LogP contribution is 2.71. The van der Waals surface area contributed by atoms with Gasteiger partial charge in [-0.3, -0.25) is 0 Å². The zero-order chi connectivity index (χ0) is 30.2. The van der Waals surface area contributed by atoms with Gasteiger partial charge in [0.1, 0.15) is 24.4 Å². The van der Waals surface area contributed by atoms with E-state index in [-0.39, 0.29) is 11.9 Å². The Morgan fingerprint density at radius 1 is 0.762 bits per heavy atom. The summed E-state index contributed by atoms with van der Waals surface area (Å²) in [5.74, 6) is 4.93. The Labute approximate surface area is 250 Å². The lowest BCUT2D eigenvalue weighted by Crippen LogP contribution is -2.58. The molecule has 242 valence electrons. The van der Waals surface area contributed by atoms with Crippen LogP contribution in [0, 0.1) is 52.3 Å². The average Bonchev–Trinajstić information content (AvgIpc) is 3.41. The van der Waals surface area contributed by atoms with E-state index in [0.29, 0.717) is 34.7 Å². The Morgan fingerprint density at radius 2 is 1.50 bits per heavy atom. The highest BCUT2D eigenvalue weighted by atomic mass is 16.7. The predicted molar refractivity (Wildman–Crippen MR) is 154 cm³/mol. The molecular formula is C33H56O9. The van der Waals surface area contributed by atoms with Crippen molar-refractivity contribution in [3.8, 4) is 0 Å². The summed E-state index contributed by atoms with van der Waals surface area (Å²) in [5, 5.41) is 55.0. The molecule has 0 amide bonds. The van der Waals surface area contributed by atoms with E-state index in [1.165, 1.54) is 44.9 Å². The largest absolute Gasteiger partial charge is 0.394 e. The summed E-state index contributed by atoms with van der Waals surface area (Å²) in [6, 6.07) is 0. The molecule has 0 radical (unpaired) electrons. The van der Waals surface area contributed by atoms with Gasteiger partial charge in [0.05, 0.1) is 25.4 Å². The molecule has 7 fully saturated rings. The molecule has 6 N–H and O–H groups in total. The van der Waals surface area contributed by atoms with Crippen molar-refractivity contribution >= 4 is 0 Å². The molecule has 3 aliphatic heterocycles. The second kappa shape index (κ2) is 11.5. The minimum atomic E-state index is -1.57. The number of aliphatic hydroxyl groups is 6. The van der Waals surface area contributed by atoms with E-state index in [0.717, 1.165) is 49.5 Å². The highest BCUT2D eigenvalue weighted by molar-refractivity contribution is 5.15. The van der Waals surface area contributed by atoms with Crippen molar-refractivity contribution in [2.45, 2.75) is 141 Å². The SMILES string of the molecule is C[C@@H]1CC[C@@]2(OC1)O[C@H]1C[C@H]3[C@@H]4CCC5C[C@@H](O)CC[C@]5(C)[C@H]4CC[C@]3(C)[C@H]1[C@@H]2C.OC[C@H]1O[C@@H](O)[C@H](O)[C@@H](O)[C@H]1O. The summed E-state index contributed by atoms with van der Waals surface area (Å²) < 4.78 is 17.9. The molecule has 0 aromatic rings. The Balaban J connectivity index is 0.000000223.